The van der Waals surface area contributed by atoms with Gasteiger partial charge in [0.2, 0.25) is 5.91 Å². The van der Waals surface area contributed by atoms with Gasteiger partial charge in [-0.3, -0.25) is 9.59 Å². The monoisotopic (exact) mass is 510 g/mol. The van der Waals surface area contributed by atoms with Crippen molar-refractivity contribution in [2.75, 3.05) is 12.4 Å². The first-order valence-corrected chi connectivity index (χ1v) is 12.6. The molecule has 38 heavy (non-hydrogen) atoms. The number of ether oxygens (including phenoxy) is 1. The predicted octanol–water partition coefficient (Wildman–Crippen LogP) is 5.47. The highest BCUT2D eigenvalue weighted by Crippen LogP contribution is 2.27. The molecule has 1 unspecified atom stereocenters. The average Bonchev–Trinajstić information content (AvgIpc) is 3.33. The maximum absolute atomic E-state index is 13.7. The first-order chi connectivity index (χ1) is 18.2. The maximum Gasteiger partial charge on any atom is 0.252 e. The van der Waals surface area contributed by atoms with E-state index >= 15 is 0 Å². The lowest BCUT2D eigenvalue weighted by Crippen LogP contribution is -2.45. The third-order valence-electron chi connectivity index (χ3n) is 6.31. The van der Waals surface area contributed by atoms with Gasteiger partial charge in [-0.05, 0) is 42.3 Å². The van der Waals surface area contributed by atoms with E-state index in [1.807, 2.05) is 67.6 Å². The number of methoxy groups -OCH3 is 1. The van der Waals surface area contributed by atoms with Crippen LogP contribution in [0, 0.1) is 6.92 Å². The van der Waals surface area contributed by atoms with Crippen molar-refractivity contribution in [2.24, 2.45) is 0 Å². The van der Waals surface area contributed by atoms with Crippen molar-refractivity contribution < 1.29 is 14.3 Å². The van der Waals surface area contributed by atoms with Gasteiger partial charge in [0.05, 0.1) is 18.5 Å². The molecular weight excluding hydrogens is 476 g/mol. The first-order valence-electron chi connectivity index (χ1n) is 12.6. The van der Waals surface area contributed by atoms with Crippen LogP contribution in [0.15, 0.2) is 84.9 Å². The maximum atomic E-state index is 13.7. The number of aryl methyl sites for hydroxylation is 1. The van der Waals surface area contributed by atoms with Gasteiger partial charge < -0.3 is 15.4 Å². The summed E-state index contributed by atoms with van der Waals surface area (Å²) in [6.45, 7) is 8.24. The third kappa shape index (κ3) is 6.29. The molecule has 0 spiro atoms. The lowest BCUT2D eigenvalue weighted by atomic mass is 9.92. The quantitative estimate of drug-likeness (QED) is 0.329. The van der Waals surface area contributed by atoms with Crippen molar-refractivity contribution in [1.29, 1.82) is 0 Å². The zero-order valence-electron chi connectivity index (χ0n) is 22.5. The summed E-state index contributed by atoms with van der Waals surface area (Å²) in [7, 11) is 1.55. The van der Waals surface area contributed by atoms with Gasteiger partial charge in [0.1, 0.15) is 17.6 Å². The van der Waals surface area contributed by atoms with E-state index in [-0.39, 0.29) is 17.2 Å². The Morgan fingerprint density at radius 1 is 0.947 bits per heavy atom. The summed E-state index contributed by atoms with van der Waals surface area (Å²) < 4.78 is 7.02. The molecule has 3 aromatic carbocycles. The number of rotatable bonds is 8. The predicted molar refractivity (Wildman–Crippen MR) is 150 cm³/mol. The van der Waals surface area contributed by atoms with Crippen LogP contribution >= 0.6 is 0 Å². The summed E-state index contributed by atoms with van der Waals surface area (Å²) in [4.78, 5) is 26.9. The summed E-state index contributed by atoms with van der Waals surface area (Å²) in [6.07, 6.45) is 0.326. The second-order valence-corrected chi connectivity index (χ2v) is 10.3. The fourth-order valence-corrected chi connectivity index (χ4v) is 4.10. The average molecular weight is 511 g/mol. The normalized spacial score (nSPS) is 12.0. The van der Waals surface area contributed by atoms with E-state index in [1.54, 1.807) is 36.1 Å². The number of nitrogens with one attached hydrogen (secondary N) is 2. The number of benzene rings is 3. The molecule has 4 rings (SSSR count). The van der Waals surface area contributed by atoms with E-state index in [9.17, 15) is 9.59 Å². The molecule has 0 aliphatic heterocycles. The van der Waals surface area contributed by atoms with Gasteiger partial charge in [-0.25, -0.2) is 4.68 Å². The minimum Gasteiger partial charge on any atom is -0.497 e. The molecule has 0 bridgehead atoms. The molecule has 1 atom stereocenters. The molecule has 0 fully saturated rings. The fraction of sp³-hybridized carbons (Fsp3) is 0.258. The molecule has 0 aliphatic carbocycles. The summed E-state index contributed by atoms with van der Waals surface area (Å²) >= 11 is 0. The van der Waals surface area contributed by atoms with Gasteiger partial charge in [0.25, 0.3) is 5.91 Å². The lowest BCUT2D eigenvalue weighted by Gasteiger charge is -2.19. The van der Waals surface area contributed by atoms with Crippen molar-refractivity contribution in [1.82, 2.24) is 15.1 Å². The van der Waals surface area contributed by atoms with Crippen LogP contribution in [-0.4, -0.2) is 34.7 Å². The molecule has 0 radical (unpaired) electrons. The molecule has 0 saturated carbocycles. The summed E-state index contributed by atoms with van der Waals surface area (Å²) in [5.41, 5.74) is 3.86. The van der Waals surface area contributed by atoms with Crippen LogP contribution in [0.4, 0.5) is 5.82 Å². The molecule has 1 heterocycles. The Balaban J connectivity index is 1.67. The highest BCUT2D eigenvalue weighted by Gasteiger charge is 2.26. The van der Waals surface area contributed by atoms with E-state index < -0.39 is 6.04 Å². The van der Waals surface area contributed by atoms with E-state index in [0.717, 1.165) is 22.5 Å². The van der Waals surface area contributed by atoms with Crippen LogP contribution in [0.1, 0.15) is 48.0 Å². The van der Waals surface area contributed by atoms with Crippen molar-refractivity contribution in [3.05, 3.63) is 107 Å². The van der Waals surface area contributed by atoms with Gasteiger partial charge in [-0.15, -0.1) is 0 Å². The number of carbonyl (C=O) groups excluding carboxylic acids is 2. The number of anilines is 1. The second kappa shape index (κ2) is 11.3. The number of nitrogens with zero attached hydrogens (tertiary/aromatic N) is 2. The van der Waals surface area contributed by atoms with Gasteiger partial charge >= 0.3 is 0 Å². The fourth-order valence-electron chi connectivity index (χ4n) is 4.10. The number of hydrogen-bond acceptors (Lipinski definition) is 4. The van der Waals surface area contributed by atoms with E-state index in [0.29, 0.717) is 23.6 Å². The van der Waals surface area contributed by atoms with E-state index in [2.05, 4.69) is 31.4 Å². The van der Waals surface area contributed by atoms with Gasteiger partial charge in [-0.2, -0.15) is 5.10 Å². The topological polar surface area (TPSA) is 85.2 Å². The number of amides is 2. The molecular formula is C31H34N4O3. The molecule has 2 amide bonds. The van der Waals surface area contributed by atoms with E-state index in [1.165, 1.54) is 0 Å². The summed E-state index contributed by atoms with van der Waals surface area (Å²) in [5.74, 6) is 0.421. The SMILES string of the molecule is COc1cccc(C(=O)NC(Cc2ccccc2)C(=O)Nc2cc(C(C)(C)C)nn2-c2ccccc2C)c1. The largest absolute Gasteiger partial charge is 0.497 e. The van der Waals surface area contributed by atoms with Crippen LogP contribution in [0.3, 0.4) is 0 Å². The molecule has 0 saturated heterocycles. The lowest BCUT2D eigenvalue weighted by molar-refractivity contribution is -0.118. The van der Waals surface area contributed by atoms with Gasteiger partial charge in [0.15, 0.2) is 0 Å². The van der Waals surface area contributed by atoms with Crippen molar-refractivity contribution in [3.8, 4) is 11.4 Å². The van der Waals surface area contributed by atoms with E-state index in [4.69, 9.17) is 9.84 Å². The Labute approximate surface area is 223 Å². The molecule has 7 nitrogen and oxygen atoms in total. The Morgan fingerprint density at radius 3 is 2.34 bits per heavy atom. The molecule has 0 aliphatic rings. The summed E-state index contributed by atoms with van der Waals surface area (Å²) in [6, 6.07) is 25.4. The van der Waals surface area contributed by atoms with Crippen molar-refractivity contribution in [3.63, 3.8) is 0 Å². The number of aromatic nitrogens is 2. The first kappa shape index (κ1) is 26.7. The van der Waals surface area contributed by atoms with Crippen molar-refractivity contribution >= 4 is 17.6 Å². The Hall–Kier alpha value is -4.39. The van der Waals surface area contributed by atoms with Crippen LogP contribution in [0.5, 0.6) is 5.75 Å². The van der Waals surface area contributed by atoms with Gasteiger partial charge in [0, 0.05) is 23.5 Å². The van der Waals surface area contributed by atoms with Crippen LogP contribution < -0.4 is 15.4 Å². The number of hydrogen-bond donors (Lipinski definition) is 2. The second-order valence-electron chi connectivity index (χ2n) is 10.3. The van der Waals surface area contributed by atoms with Gasteiger partial charge in [-0.1, -0.05) is 75.4 Å². The Bertz CT molecular complexity index is 1420. The van der Waals surface area contributed by atoms with Crippen LogP contribution in [0.2, 0.25) is 0 Å². The minimum absolute atomic E-state index is 0.225. The Morgan fingerprint density at radius 2 is 1.66 bits per heavy atom. The third-order valence-corrected chi connectivity index (χ3v) is 6.31. The zero-order chi connectivity index (χ0) is 27.3. The minimum atomic E-state index is -0.825. The number of para-hydroxylation sites is 1. The smallest absolute Gasteiger partial charge is 0.252 e. The Kier molecular flexibility index (Phi) is 7.96. The standard InChI is InChI=1S/C31H34N4O3/c1-21-12-9-10-17-26(21)35-28(20-27(34-35)31(2,3)4)33-30(37)25(18-22-13-7-6-8-14-22)32-29(36)23-15-11-16-24(19-23)38-5/h6-17,19-20,25H,18H2,1-5H3,(H,32,36)(H,33,37). The molecule has 7 heteroatoms. The molecule has 1 aromatic heterocycles. The molecule has 2 N–H and O–H groups in total. The highest BCUT2D eigenvalue weighted by atomic mass is 16.5. The van der Waals surface area contributed by atoms with Crippen LogP contribution in [-0.2, 0) is 16.6 Å². The highest BCUT2D eigenvalue weighted by molar-refractivity contribution is 6.01. The number of carbonyl (C=O) groups is 2. The molecule has 196 valence electrons. The molecule has 4 aromatic rings. The van der Waals surface area contributed by atoms with Crippen LogP contribution in [0.25, 0.3) is 5.69 Å². The zero-order valence-corrected chi connectivity index (χ0v) is 22.5. The summed E-state index contributed by atoms with van der Waals surface area (Å²) in [5, 5.41) is 10.8. The van der Waals surface area contributed by atoms with Crippen molar-refractivity contribution in [2.45, 2.75) is 45.6 Å².